The fraction of sp³-hybridized carbons (Fsp3) is 0.375. The van der Waals surface area contributed by atoms with Gasteiger partial charge < -0.3 is 15.4 Å². The van der Waals surface area contributed by atoms with Gasteiger partial charge in [0.25, 0.3) is 0 Å². The maximum absolute atomic E-state index is 5.55. The van der Waals surface area contributed by atoms with E-state index in [1.165, 1.54) is 5.56 Å². The molecule has 0 radical (unpaired) electrons. The summed E-state index contributed by atoms with van der Waals surface area (Å²) in [5, 5.41) is 11.3. The molecule has 0 bridgehead atoms. The van der Waals surface area contributed by atoms with E-state index in [-0.39, 0.29) is 6.10 Å². The Morgan fingerprint density at radius 2 is 2.18 bits per heavy atom. The summed E-state index contributed by atoms with van der Waals surface area (Å²) in [4.78, 5) is 0. The monoisotopic (exact) mass is 316 g/mol. The van der Waals surface area contributed by atoms with Crippen molar-refractivity contribution >= 4 is 23.1 Å². The van der Waals surface area contributed by atoms with Gasteiger partial charge in [0.15, 0.2) is 10.9 Å². The van der Waals surface area contributed by atoms with Gasteiger partial charge in [-0.1, -0.05) is 30.3 Å². The Labute approximate surface area is 135 Å². The fourth-order valence-electron chi connectivity index (χ4n) is 2.46. The molecule has 5 nitrogen and oxygen atoms in total. The zero-order chi connectivity index (χ0) is 15.2. The van der Waals surface area contributed by atoms with Gasteiger partial charge in [0.2, 0.25) is 0 Å². The molecule has 1 aliphatic heterocycles. The van der Waals surface area contributed by atoms with Crippen LogP contribution in [-0.2, 0) is 11.3 Å². The first kappa shape index (κ1) is 15.0. The van der Waals surface area contributed by atoms with Gasteiger partial charge in [0, 0.05) is 25.4 Å². The molecule has 22 heavy (non-hydrogen) atoms. The molecule has 116 valence electrons. The molecule has 3 rings (SSSR count). The maximum atomic E-state index is 5.55. The molecule has 0 amide bonds. The molecule has 2 N–H and O–H groups in total. The molecule has 1 aromatic heterocycles. The van der Waals surface area contributed by atoms with Crippen LogP contribution < -0.4 is 10.6 Å². The van der Waals surface area contributed by atoms with Crippen LogP contribution >= 0.6 is 12.2 Å². The normalized spacial score (nSPS) is 17.4. The van der Waals surface area contributed by atoms with E-state index in [0.29, 0.717) is 5.11 Å². The molecule has 0 aliphatic carbocycles. The minimum atomic E-state index is 0.274. The first-order chi connectivity index (χ1) is 10.8. The molecule has 1 aromatic carbocycles. The first-order valence-corrected chi connectivity index (χ1v) is 7.94. The number of benzene rings is 1. The van der Waals surface area contributed by atoms with E-state index < -0.39 is 0 Å². The Kier molecular flexibility index (Phi) is 5.03. The number of nitrogens with one attached hydrogen (secondary N) is 2. The van der Waals surface area contributed by atoms with Gasteiger partial charge in [-0.05, 0) is 30.6 Å². The molecule has 0 spiro atoms. The van der Waals surface area contributed by atoms with Crippen LogP contribution in [0.5, 0.6) is 0 Å². The number of thiocarbonyl (C=S) groups is 1. The van der Waals surface area contributed by atoms with Crippen molar-refractivity contribution in [3.63, 3.8) is 0 Å². The number of hydrogen-bond acceptors (Lipinski definition) is 3. The Morgan fingerprint density at radius 1 is 1.32 bits per heavy atom. The van der Waals surface area contributed by atoms with Crippen LogP contribution in [0.1, 0.15) is 18.4 Å². The highest BCUT2D eigenvalue weighted by Crippen LogP contribution is 2.11. The molecule has 6 heteroatoms. The summed E-state index contributed by atoms with van der Waals surface area (Å²) < 4.78 is 7.44. The molecule has 0 saturated carbocycles. The summed E-state index contributed by atoms with van der Waals surface area (Å²) >= 11 is 5.28. The number of nitrogens with zero attached hydrogens (tertiary/aromatic N) is 2. The number of aromatic nitrogens is 2. The summed E-state index contributed by atoms with van der Waals surface area (Å²) in [6, 6.07) is 12.2. The van der Waals surface area contributed by atoms with Crippen LogP contribution in [0.3, 0.4) is 0 Å². The number of rotatable bonds is 5. The first-order valence-electron chi connectivity index (χ1n) is 7.53. The third kappa shape index (κ3) is 4.29. The van der Waals surface area contributed by atoms with E-state index in [0.717, 1.165) is 38.4 Å². The zero-order valence-electron chi connectivity index (χ0n) is 12.4. The second-order valence-corrected chi connectivity index (χ2v) is 5.76. The molecule has 1 aliphatic rings. The van der Waals surface area contributed by atoms with Gasteiger partial charge in [-0.25, -0.2) is 0 Å². The van der Waals surface area contributed by atoms with E-state index >= 15 is 0 Å². The van der Waals surface area contributed by atoms with Crippen molar-refractivity contribution in [2.45, 2.75) is 25.5 Å². The Morgan fingerprint density at radius 3 is 2.95 bits per heavy atom. The average molecular weight is 316 g/mol. The van der Waals surface area contributed by atoms with Gasteiger partial charge in [-0.3, -0.25) is 4.68 Å². The van der Waals surface area contributed by atoms with Crippen molar-refractivity contribution in [1.82, 2.24) is 15.1 Å². The molecule has 1 saturated heterocycles. The minimum Gasteiger partial charge on any atom is -0.376 e. The second kappa shape index (κ2) is 7.38. The van der Waals surface area contributed by atoms with Crippen molar-refractivity contribution in [3.8, 4) is 0 Å². The predicted molar refractivity (Wildman–Crippen MR) is 91.0 cm³/mol. The van der Waals surface area contributed by atoms with Crippen molar-refractivity contribution in [1.29, 1.82) is 0 Å². The highest BCUT2D eigenvalue weighted by Gasteiger charge is 2.15. The standard InChI is InChI=1S/C16H20N4OS/c22-16(17-11-14-7-4-10-21-14)18-15-8-9-20(19-15)12-13-5-2-1-3-6-13/h1-3,5-6,8-9,14H,4,7,10-12H2,(H2,17,18,19,22). The third-order valence-electron chi connectivity index (χ3n) is 3.58. The molecule has 1 fully saturated rings. The second-order valence-electron chi connectivity index (χ2n) is 5.35. The number of hydrogen-bond donors (Lipinski definition) is 2. The largest absolute Gasteiger partial charge is 0.376 e. The Bertz CT molecular complexity index is 608. The van der Waals surface area contributed by atoms with Crippen LogP contribution in [0.2, 0.25) is 0 Å². The highest BCUT2D eigenvalue weighted by atomic mass is 32.1. The highest BCUT2D eigenvalue weighted by molar-refractivity contribution is 7.80. The van der Waals surface area contributed by atoms with Crippen LogP contribution in [0.4, 0.5) is 5.82 Å². The van der Waals surface area contributed by atoms with E-state index in [1.54, 1.807) is 0 Å². The van der Waals surface area contributed by atoms with Crippen molar-refractivity contribution < 1.29 is 4.74 Å². The van der Waals surface area contributed by atoms with Gasteiger partial charge in [-0.15, -0.1) is 0 Å². The van der Waals surface area contributed by atoms with Gasteiger partial charge in [-0.2, -0.15) is 5.10 Å². The lowest BCUT2D eigenvalue weighted by atomic mass is 10.2. The molecule has 2 heterocycles. The number of ether oxygens (including phenoxy) is 1. The van der Waals surface area contributed by atoms with E-state index in [4.69, 9.17) is 17.0 Å². The zero-order valence-corrected chi connectivity index (χ0v) is 13.2. The van der Waals surface area contributed by atoms with E-state index in [9.17, 15) is 0 Å². The average Bonchev–Trinajstić information content (AvgIpc) is 3.18. The lowest BCUT2D eigenvalue weighted by molar-refractivity contribution is 0.114. The summed E-state index contributed by atoms with van der Waals surface area (Å²) in [5.41, 5.74) is 1.22. The minimum absolute atomic E-state index is 0.274. The SMILES string of the molecule is S=C(NCC1CCCO1)Nc1ccn(Cc2ccccc2)n1. The maximum Gasteiger partial charge on any atom is 0.172 e. The van der Waals surface area contributed by atoms with Crippen molar-refractivity contribution in [3.05, 3.63) is 48.2 Å². The van der Waals surface area contributed by atoms with Crippen LogP contribution in [-0.4, -0.2) is 34.1 Å². The predicted octanol–water partition coefficient (Wildman–Crippen LogP) is 2.40. The van der Waals surface area contributed by atoms with Gasteiger partial charge in [0.05, 0.1) is 12.6 Å². The lowest BCUT2D eigenvalue weighted by Gasteiger charge is -2.12. The molecule has 2 aromatic rings. The quantitative estimate of drug-likeness (QED) is 0.830. The van der Waals surface area contributed by atoms with Crippen LogP contribution in [0, 0.1) is 0 Å². The summed E-state index contributed by atoms with van der Waals surface area (Å²) in [6.07, 6.45) is 4.45. The van der Waals surface area contributed by atoms with E-state index in [2.05, 4.69) is 27.9 Å². The van der Waals surface area contributed by atoms with Crippen molar-refractivity contribution in [2.75, 3.05) is 18.5 Å². The number of anilines is 1. The van der Waals surface area contributed by atoms with E-state index in [1.807, 2.05) is 35.1 Å². The van der Waals surface area contributed by atoms with Crippen LogP contribution in [0.15, 0.2) is 42.6 Å². The molecule has 1 atom stereocenters. The lowest BCUT2D eigenvalue weighted by Crippen LogP contribution is -2.34. The molecular formula is C16H20N4OS. The Balaban J connectivity index is 1.47. The summed E-state index contributed by atoms with van der Waals surface area (Å²) in [6.45, 7) is 2.35. The summed E-state index contributed by atoms with van der Waals surface area (Å²) in [5.74, 6) is 0.751. The van der Waals surface area contributed by atoms with Crippen LogP contribution in [0.25, 0.3) is 0 Å². The fourth-order valence-corrected chi connectivity index (χ4v) is 2.65. The molecule has 1 unspecified atom stereocenters. The molecular weight excluding hydrogens is 296 g/mol. The van der Waals surface area contributed by atoms with Crippen molar-refractivity contribution in [2.24, 2.45) is 0 Å². The summed E-state index contributed by atoms with van der Waals surface area (Å²) in [7, 11) is 0. The van der Waals surface area contributed by atoms with Gasteiger partial charge in [0.1, 0.15) is 0 Å². The third-order valence-corrected chi connectivity index (χ3v) is 3.83. The smallest absolute Gasteiger partial charge is 0.172 e. The topological polar surface area (TPSA) is 51.1 Å². The Hall–Kier alpha value is -1.92. The van der Waals surface area contributed by atoms with Gasteiger partial charge >= 0.3 is 0 Å².